The molecule has 0 radical (unpaired) electrons. The third kappa shape index (κ3) is 5.00. The first kappa shape index (κ1) is 33.3. The van der Waals surface area contributed by atoms with Crippen LogP contribution >= 0.6 is 0 Å². The second-order valence-electron chi connectivity index (χ2n) is 16.2. The quantitative estimate of drug-likeness (QED) is 0.159. The van der Waals surface area contributed by atoms with Crippen LogP contribution in [-0.4, -0.2) is 0 Å². The highest BCUT2D eigenvalue weighted by atomic mass is 14.4. The van der Waals surface area contributed by atoms with Crippen molar-refractivity contribution in [3.63, 3.8) is 0 Å². The summed E-state index contributed by atoms with van der Waals surface area (Å²) in [6.07, 6.45) is 2.29. The first-order valence-electron chi connectivity index (χ1n) is 19.9. The van der Waals surface area contributed by atoms with Crippen LogP contribution in [-0.2, 0) is 5.41 Å². The van der Waals surface area contributed by atoms with Gasteiger partial charge in [-0.15, -0.1) is 0 Å². The maximum absolute atomic E-state index is 4.73. The van der Waals surface area contributed by atoms with E-state index in [4.69, 9.17) is 6.58 Å². The molecule has 0 nitrogen and oxygen atoms in total. The Balaban J connectivity index is 1.03. The van der Waals surface area contributed by atoms with E-state index in [2.05, 4.69) is 202 Å². The van der Waals surface area contributed by atoms with E-state index in [0.717, 1.165) is 16.7 Å². The third-order valence-electron chi connectivity index (χ3n) is 12.7. The Kier molecular flexibility index (Phi) is 7.31. The van der Waals surface area contributed by atoms with Gasteiger partial charge in [0, 0.05) is 5.41 Å². The van der Waals surface area contributed by atoms with Gasteiger partial charge in [0.1, 0.15) is 0 Å². The monoisotopic (exact) mass is 724 g/mol. The topological polar surface area (TPSA) is 0 Å². The van der Waals surface area contributed by atoms with Crippen molar-refractivity contribution in [2.24, 2.45) is 0 Å². The van der Waals surface area contributed by atoms with Gasteiger partial charge in [-0.1, -0.05) is 197 Å². The Morgan fingerprint density at radius 2 is 1.00 bits per heavy atom. The highest BCUT2D eigenvalue weighted by Gasteiger charge is 2.37. The van der Waals surface area contributed by atoms with Gasteiger partial charge in [-0.05, 0) is 132 Å². The van der Waals surface area contributed by atoms with Crippen LogP contribution in [0.2, 0.25) is 0 Å². The summed E-state index contributed by atoms with van der Waals surface area (Å²) in [5, 5.41) is 15.2. The highest BCUT2D eigenvalue weighted by Crippen LogP contribution is 2.51. The zero-order valence-electron chi connectivity index (χ0n) is 32.2. The average molecular weight is 725 g/mol. The predicted molar refractivity (Wildman–Crippen MR) is 248 cm³/mol. The molecule has 0 saturated carbocycles. The van der Waals surface area contributed by atoms with Crippen LogP contribution < -0.4 is 0 Å². The minimum Gasteiger partial charge on any atom is -0.0911 e. The van der Waals surface area contributed by atoms with Crippen molar-refractivity contribution in [1.82, 2.24) is 0 Å². The van der Waals surface area contributed by atoms with Crippen LogP contribution in [0, 0.1) is 0 Å². The maximum Gasteiger partial charge on any atom is 0.0159 e. The fourth-order valence-electron chi connectivity index (χ4n) is 9.90. The number of allylic oxidation sites excluding steroid dienone is 4. The molecule has 0 heteroatoms. The van der Waals surface area contributed by atoms with Gasteiger partial charge in [-0.2, -0.15) is 0 Å². The van der Waals surface area contributed by atoms with Crippen molar-refractivity contribution in [3.05, 3.63) is 217 Å². The third-order valence-corrected chi connectivity index (χ3v) is 12.7. The molecule has 1 aliphatic carbocycles. The number of fused-ring (bicyclic) bond motifs is 10. The molecular weight excluding hydrogens is 685 g/mol. The summed E-state index contributed by atoms with van der Waals surface area (Å²) in [6, 6.07) is 64.7. The summed E-state index contributed by atoms with van der Waals surface area (Å²) in [5.41, 5.74) is 11.7. The fraction of sp³-hybridized carbons (Fsp3) is 0.0526. The normalized spacial score (nSPS) is 14.4. The largest absolute Gasteiger partial charge is 0.0911 e. The molecule has 57 heavy (non-hydrogen) atoms. The van der Waals surface area contributed by atoms with Crippen molar-refractivity contribution in [2.45, 2.75) is 19.3 Å². The first-order chi connectivity index (χ1) is 27.9. The molecule has 0 aromatic heterocycles. The lowest BCUT2D eigenvalue weighted by Crippen LogP contribution is -2.15. The van der Waals surface area contributed by atoms with E-state index in [-0.39, 0.29) is 5.41 Å². The second kappa shape index (κ2) is 12.5. The van der Waals surface area contributed by atoms with E-state index in [9.17, 15) is 0 Å². The SMILES string of the molecule is C=C1C(=CC(=C)c2cccc3c(-c4cc5ccc6ccc7ccccc7c6c5c5ccccc45)cccc23)C(C)(C)c2cc(-c3cccc4ccccc34)ccc21. The van der Waals surface area contributed by atoms with Crippen molar-refractivity contribution in [1.29, 1.82) is 0 Å². The molecule has 11 rings (SSSR count). The zero-order chi connectivity index (χ0) is 38.4. The van der Waals surface area contributed by atoms with Crippen LogP contribution in [0.1, 0.15) is 30.5 Å². The van der Waals surface area contributed by atoms with E-state index in [0.29, 0.717) is 0 Å². The number of hydrogen-bond acceptors (Lipinski definition) is 0. The molecule has 10 aromatic rings. The molecule has 0 aliphatic heterocycles. The number of hydrogen-bond donors (Lipinski definition) is 0. The molecule has 0 bridgehead atoms. The lowest BCUT2D eigenvalue weighted by molar-refractivity contribution is 0.661. The molecule has 0 heterocycles. The molecular formula is C57H40. The van der Waals surface area contributed by atoms with Gasteiger partial charge in [0.15, 0.2) is 0 Å². The molecule has 0 N–H and O–H groups in total. The molecule has 268 valence electrons. The van der Waals surface area contributed by atoms with E-state index in [1.165, 1.54) is 104 Å². The second-order valence-corrected chi connectivity index (χ2v) is 16.2. The summed E-state index contributed by atoms with van der Waals surface area (Å²) < 4.78 is 0. The standard InChI is InChI=1S/C57H40/c1-35(32-53-36(2)43-31-30-40(34-54(43)57(53,3)4)45-22-11-16-37-14-5-7-17-44(37)45)42-21-12-24-48-47(42)23-13-25-49(48)52-33-41-29-28-39-27-26-38-15-6-8-18-46(38)55(39)56(41)51-20-10-9-19-50(51)52/h5-34H,1-2H2,3-4H3. The van der Waals surface area contributed by atoms with E-state index < -0.39 is 0 Å². The summed E-state index contributed by atoms with van der Waals surface area (Å²) in [7, 11) is 0. The van der Waals surface area contributed by atoms with E-state index >= 15 is 0 Å². The summed E-state index contributed by atoms with van der Waals surface area (Å²) in [4.78, 5) is 0. The maximum atomic E-state index is 4.73. The van der Waals surface area contributed by atoms with Crippen LogP contribution in [0.15, 0.2) is 201 Å². The lowest BCUT2D eigenvalue weighted by Gasteiger charge is -2.23. The van der Waals surface area contributed by atoms with Gasteiger partial charge < -0.3 is 0 Å². The fourth-order valence-corrected chi connectivity index (χ4v) is 9.90. The van der Waals surface area contributed by atoms with Gasteiger partial charge in [0.25, 0.3) is 0 Å². The van der Waals surface area contributed by atoms with E-state index in [1.54, 1.807) is 0 Å². The van der Waals surface area contributed by atoms with E-state index in [1.807, 2.05) is 0 Å². The lowest BCUT2D eigenvalue weighted by atomic mass is 9.80. The Labute approximate surface area is 333 Å². The van der Waals surface area contributed by atoms with Gasteiger partial charge in [0.2, 0.25) is 0 Å². The van der Waals surface area contributed by atoms with Crippen molar-refractivity contribution < 1.29 is 0 Å². The smallest absolute Gasteiger partial charge is 0.0159 e. The van der Waals surface area contributed by atoms with Crippen LogP contribution in [0.25, 0.3) is 98.0 Å². The van der Waals surface area contributed by atoms with Crippen molar-refractivity contribution in [3.8, 4) is 22.3 Å². The van der Waals surface area contributed by atoms with Gasteiger partial charge >= 0.3 is 0 Å². The molecule has 0 saturated heterocycles. The minimum atomic E-state index is -0.245. The summed E-state index contributed by atoms with van der Waals surface area (Å²) >= 11 is 0. The van der Waals surface area contributed by atoms with Crippen LogP contribution in [0.3, 0.4) is 0 Å². The van der Waals surface area contributed by atoms with Gasteiger partial charge in [0.05, 0.1) is 0 Å². The Morgan fingerprint density at radius 1 is 0.439 bits per heavy atom. The van der Waals surface area contributed by atoms with Crippen molar-refractivity contribution >= 4 is 75.8 Å². The minimum absolute atomic E-state index is 0.245. The number of rotatable bonds is 4. The molecule has 0 fully saturated rings. The van der Waals surface area contributed by atoms with Crippen LogP contribution in [0.4, 0.5) is 0 Å². The van der Waals surface area contributed by atoms with Gasteiger partial charge in [-0.3, -0.25) is 0 Å². The molecule has 0 unspecified atom stereocenters. The summed E-state index contributed by atoms with van der Waals surface area (Å²) in [6.45, 7) is 14.1. The molecule has 0 amide bonds. The average Bonchev–Trinajstić information content (AvgIpc) is 3.44. The zero-order valence-corrected chi connectivity index (χ0v) is 32.2. The Hall–Kier alpha value is -7.02. The Morgan fingerprint density at radius 3 is 1.82 bits per heavy atom. The molecule has 1 aliphatic rings. The first-order valence-corrected chi connectivity index (χ1v) is 19.9. The molecule has 10 aromatic carbocycles. The predicted octanol–water partition coefficient (Wildman–Crippen LogP) is 15.9. The van der Waals surface area contributed by atoms with Crippen molar-refractivity contribution in [2.75, 3.05) is 0 Å². The van der Waals surface area contributed by atoms with Crippen LogP contribution in [0.5, 0.6) is 0 Å². The molecule has 0 atom stereocenters. The summed E-state index contributed by atoms with van der Waals surface area (Å²) in [5.74, 6) is 0. The van der Waals surface area contributed by atoms with Gasteiger partial charge in [-0.25, -0.2) is 0 Å². The molecule has 0 spiro atoms. The number of benzene rings is 10. The highest BCUT2D eigenvalue weighted by molar-refractivity contribution is 6.29. The Bertz CT molecular complexity index is 3400.